The van der Waals surface area contributed by atoms with Gasteiger partial charge in [0.25, 0.3) is 0 Å². The predicted molar refractivity (Wildman–Crippen MR) is 113 cm³/mol. The molecule has 4 atom stereocenters. The van der Waals surface area contributed by atoms with E-state index in [1.807, 2.05) is 30.5 Å². The van der Waals surface area contributed by atoms with Crippen LogP contribution in [-0.2, 0) is 10.8 Å². The molecule has 152 valence electrons. The normalized spacial score (nSPS) is 32.2. The first kappa shape index (κ1) is 20.9. The maximum atomic E-state index is 9.16. The van der Waals surface area contributed by atoms with Gasteiger partial charge in [0.2, 0.25) is 0 Å². The summed E-state index contributed by atoms with van der Waals surface area (Å²) < 4.78 is 0. The largest absolute Gasteiger partial charge is 0.396 e. The zero-order chi connectivity index (χ0) is 18.7. The topological polar surface area (TPSA) is 84.1 Å². The van der Waals surface area contributed by atoms with Crippen LogP contribution in [0.4, 0.5) is 0 Å². The molecule has 2 aromatic rings. The monoisotopic (exact) mass is 382 g/mol. The van der Waals surface area contributed by atoms with Gasteiger partial charge in [-0.3, -0.25) is 9.97 Å². The second-order valence-corrected chi connectivity index (χ2v) is 8.22. The van der Waals surface area contributed by atoms with Crippen molar-refractivity contribution >= 4 is 0 Å². The van der Waals surface area contributed by atoms with Crippen molar-refractivity contribution in [3.05, 3.63) is 60.2 Å². The van der Waals surface area contributed by atoms with Gasteiger partial charge in [0, 0.05) is 41.2 Å². The highest BCUT2D eigenvalue weighted by atomic mass is 16.3. The average Bonchev–Trinajstić information content (AvgIpc) is 3.64. The Morgan fingerprint density at radius 1 is 1.07 bits per heavy atom. The fourth-order valence-electron chi connectivity index (χ4n) is 4.92. The maximum absolute atomic E-state index is 9.16. The van der Waals surface area contributed by atoms with Crippen molar-refractivity contribution in [2.75, 3.05) is 26.2 Å². The Morgan fingerprint density at radius 2 is 1.79 bits per heavy atom. The number of hydrogen-bond donors (Lipinski definition) is 3. The van der Waals surface area contributed by atoms with Crippen molar-refractivity contribution < 1.29 is 5.11 Å². The summed E-state index contributed by atoms with van der Waals surface area (Å²) in [5, 5.41) is 12.6. The van der Waals surface area contributed by atoms with Gasteiger partial charge < -0.3 is 16.2 Å². The van der Waals surface area contributed by atoms with Crippen LogP contribution in [0.25, 0.3) is 0 Å². The highest BCUT2D eigenvalue weighted by Crippen LogP contribution is 2.57. The van der Waals surface area contributed by atoms with E-state index in [-0.39, 0.29) is 19.4 Å². The van der Waals surface area contributed by atoms with Gasteiger partial charge in [-0.05, 0) is 81.4 Å². The zero-order valence-electron chi connectivity index (χ0n) is 15.8. The van der Waals surface area contributed by atoms with Crippen molar-refractivity contribution in [2.24, 2.45) is 17.6 Å². The van der Waals surface area contributed by atoms with Crippen LogP contribution in [0, 0.1) is 11.8 Å². The Morgan fingerprint density at radius 3 is 2.32 bits per heavy atom. The van der Waals surface area contributed by atoms with Crippen LogP contribution in [0.1, 0.15) is 44.5 Å². The molecule has 0 bridgehead atoms. The third-order valence-corrected chi connectivity index (χ3v) is 6.76. The van der Waals surface area contributed by atoms with E-state index in [0.717, 1.165) is 31.0 Å². The van der Waals surface area contributed by atoms with Gasteiger partial charge in [0.05, 0.1) is 0 Å². The molecule has 0 radical (unpaired) electrons. The molecule has 0 spiro atoms. The van der Waals surface area contributed by atoms with Gasteiger partial charge in [-0.2, -0.15) is 0 Å². The van der Waals surface area contributed by atoms with E-state index in [2.05, 4.69) is 27.4 Å². The summed E-state index contributed by atoms with van der Waals surface area (Å²) in [7, 11) is 0. The molecule has 2 aliphatic carbocycles. The predicted octanol–water partition coefficient (Wildman–Crippen LogP) is 2.65. The fourth-order valence-corrected chi connectivity index (χ4v) is 4.92. The minimum absolute atomic E-state index is 0. The summed E-state index contributed by atoms with van der Waals surface area (Å²) in [6.45, 7) is 3.26. The number of nitrogens with two attached hydrogens (primary N) is 1. The summed E-state index contributed by atoms with van der Waals surface area (Å²) in [4.78, 5) is 8.85. The molecule has 3 fully saturated rings. The summed E-state index contributed by atoms with van der Waals surface area (Å²) in [5.74, 6) is 1.22. The van der Waals surface area contributed by atoms with E-state index in [1.54, 1.807) is 6.20 Å². The standard InChI is InChI=1S/C11H16N2O.C11H14N2.CH4/c12-5-4-11(7-9(11)8-14)10-3-1-2-6-13-10;1-2-5-13-10(3-1)11-4-6-12-8-9(11)7-11;/h1-3,6,9,14H,4-5,7-8,12H2;1-3,5,9,12H,4,6-8H2;1H4/t2*9-,11+;/m11./s1. The quantitative estimate of drug-likeness (QED) is 0.740. The summed E-state index contributed by atoms with van der Waals surface area (Å²) in [5.41, 5.74) is 8.55. The van der Waals surface area contributed by atoms with Crippen LogP contribution in [0.3, 0.4) is 0 Å². The van der Waals surface area contributed by atoms with Crippen LogP contribution < -0.4 is 11.1 Å². The lowest BCUT2D eigenvalue weighted by atomic mass is 9.92. The molecule has 1 aliphatic heterocycles. The maximum Gasteiger partial charge on any atom is 0.0469 e. The second-order valence-electron chi connectivity index (χ2n) is 8.22. The first-order chi connectivity index (χ1) is 13.2. The van der Waals surface area contributed by atoms with E-state index in [4.69, 9.17) is 10.8 Å². The SMILES string of the molecule is C.NCC[C@]1(c2ccccn2)C[C@@H]1CO.c1ccc([C@]23CCNC[C@H]2C3)nc1. The Hall–Kier alpha value is -1.82. The van der Waals surface area contributed by atoms with Crippen molar-refractivity contribution in [2.45, 2.75) is 43.9 Å². The molecular formula is C23H34N4O. The first-order valence-corrected chi connectivity index (χ1v) is 10.1. The lowest BCUT2D eigenvalue weighted by Crippen LogP contribution is -2.31. The Labute approximate surface area is 168 Å². The van der Waals surface area contributed by atoms with E-state index < -0.39 is 0 Å². The third-order valence-electron chi connectivity index (χ3n) is 6.76. The number of rotatable bonds is 5. The number of piperidine rings is 1. The lowest BCUT2D eigenvalue weighted by Gasteiger charge is -2.21. The molecule has 0 amide bonds. The number of fused-ring (bicyclic) bond motifs is 1. The molecule has 3 aliphatic rings. The fraction of sp³-hybridized carbons (Fsp3) is 0.565. The average molecular weight is 383 g/mol. The van der Waals surface area contributed by atoms with E-state index in [9.17, 15) is 0 Å². The molecular weight excluding hydrogens is 348 g/mol. The van der Waals surface area contributed by atoms with Gasteiger partial charge in [-0.1, -0.05) is 19.6 Å². The Balaban J connectivity index is 0.000000155. The van der Waals surface area contributed by atoms with Gasteiger partial charge in [-0.15, -0.1) is 0 Å². The summed E-state index contributed by atoms with van der Waals surface area (Å²) in [6, 6.07) is 12.2. The molecule has 2 saturated carbocycles. The molecule has 2 aromatic heterocycles. The molecule has 1 saturated heterocycles. The van der Waals surface area contributed by atoms with Gasteiger partial charge in [0.1, 0.15) is 0 Å². The smallest absolute Gasteiger partial charge is 0.0469 e. The van der Waals surface area contributed by atoms with Crippen LogP contribution in [0.5, 0.6) is 0 Å². The second kappa shape index (κ2) is 8.68. The number of pyridine rings is 2. The zero-order valence-corrected chi connectivity index (χ0v) is 15.8. The van der Waals surface area contributed by atoms with Crippen molar-refractivity contribution in [1.29, 1.82) is 0 Å². The van der Waals surface area contributed by atoms with E-state index in [0.29, 0.717) is 17.9 Å². The minimum atomic E-state index is 0. The van der Waals surface area contributed by atoms with Crippen LogP contribution in [0.2, 0.25) is 0 Å². The van der Waals surface area contributed by atoms with Crippen molar-refractivity contribution in [1.82, 2.24) is 15.3 Å². The molecule has 5 heteroatoms. The lowest BCUT2D eigenvalue weighted by molar-refractivity contribution is 0.261. The summed E-state index contributed by atoms with van der Waals surface area (Å²) >= 11 is 0. The van der Waals surface area contributed by atoms with Gasteiger partial charge >= 0.3 is 0 Å². The van der Waals surface area contributed by atoms with Crippen LogP contribution >= 0.6 is 0 Å². The molecule has 0 unspecified atom stereocenters. The number of aromatic nitrogens is 2. The molecule has 5 nitrogen and oxygen atoms in total. The highest BCUT2D eigenvalue weighted by Gasteiger charge is 2.57. The molecule has 4 N–H and O–H groups in total. The van der Waals surface area contributed by atoms with Crippen LogP contribution in [0.15, 0.2) is 48.8 Å². The van der Waals surface area contributed by atoms with Gasteiger partial charge in [0.15, 0.2) is 0 Å². The molecule has 5 rings (SSSR count). The number of aliphatic hydroxyl groups excluding tert-OH is 1. The minimum Gasteiger partial charge on any atom is -0.396 e. The van der Waals surface area contributed by atoms with Crippen LogP contribution in [-0.4, -0.2) is 41.3 Å². The highest BCUT2D eigenvalue weighted by molar-refractivity contribution is 5.29. The Kier molecular flexibility index (Phi) is 6.48. The molecule has 3 heterocycles. The van der Waals surface area contributed by atoms with E-state index >= 15 is 0 Å². The first-order valence-electron chi connectivity index (χ1n) is 10.1. The summed E-state index contributed by atoms with van der Waals surface area (Å²) in [6.07, 6.45) is 8.29. The van der Waals surface area contributed by atoms with Gasteiger partial charge in [-0.25, -0.2) is 0 Å². The molecule has 0 aromatic carbocycles. The molecule has 28 heavy (non-hydrogen) atoms. The van der Waals surface area contributed by atoms with Crippen molar-refractivity contribution in [3.8, 4) is 0 Å². The number of nitrogens with one attached hydrogen (secondary N) is 1. The number of aliphatic hydroxyl groups is 1. The van der Waals surface area contributed by atoms with E-state index in [1.165, 1.54) is 25.1 Å². The Bertz CT molecular complexity index is 741. The van der Waals surface area contributed by atoms with Crippen molar-refractivity contribution in [3.63, 3.8) is 0 Å². The number of hydrogen-bond acceptors (Lipinski definition) is 5. The number of nitrogens with zero attached hydrogens (tertiary/aromatic N) is 2. The third kappa shape index (κ3) is 3.84.